The van der Waals surface area contributed by atoms with E-state index in [2.05, 4.69) is 24.5 Å². The zero-order valence-corrected chi connectivity index (χ0v) is 11.5. The largest absolute Gasteiger partial charge is 0.378 e. The second-order valence-electron chi connectivity index (χ2n) is 5.21. The van der Waals surface area contributed by atoms with Crippen molar-refractivity contribution in [2.24, 2.45) is 5.92 Å². The number of hydrogen-bond acceptors (Lipinski definition) is 3. The van der Waals surface area contributed by atoms with Crippen LogP contribution < -0.4 is 10.6 Å². The first-order chi connectivity index (χ1) is 8.06. The first kappa shape index (κ1) is 14.5. The molecule has 0 aromatic carbocycles. The van der Waals surface area contributed by atoms with Gasteiger partial charge in [0.15, 0.2) is 0 Å². The first-order valence-electron chi connectivity index (χ1n) is 6.66. The van der Waals surface area contributed by atoms with E-state index in [4.69, 9.17) is 4.74 Å². The second-order valence-corrected chi connectivity index (χ2v) is 5.21. The third-order valence-electron chi connectivity index (χ3n) is 3.20. The molecule has 4 nitrogen and oxygen atoms in total. The third-order valence-corrected chi connectivity index (χ3v) is 3.20. The summed E-state index contributed by atoms with van der Waals surface area (Å²) in [4.78, 5) is 11.7. The maximum Gasteiger partial charge on any atom is 0.236 e. The lowest BCUT2D eigenvalue weighted by molar-refractivity contribution is -0.124. The fourth-order valence-electron chi connectivity index (χ4n) is 2.25. The van der Waals surface area contributed by atoms with Crippen molar-refractivity contribution in [3.05, 3.63) is 0 Å². The molecule has 4 heteroatoms. The normalized spacial score (nSPS) is 25.5. The molecule has 1 rings (SSSR count). The third kappa shape index (κ3) is 4.64. The number of amides is 1. The smallest absolute Gasteiger partial charge is 0.236 e. The second kappa shape index (κ2) is 6.97. The molecular weight excluding hydrogens is 216 g/mol. The maximum atomic E-state index is 11.7. The standard InChI is InChI=1S/C13H26N2O2/c1-5-17-11-7-10(8-11)15-12(6-9(2)3)13(16)14-4/h9-12,15H,5-8H2,1-4H3,(H,14,16). The average molecular weight is 242 g/mol. The Balaban J connectivity index is 2.32. The van der Waals surface area contributed by atoms with Crippen LogP contribution >= 0.6 is 0 Å². The maximum absolute atomic E-state index is 11.7. The quantitative estimate of drug-likeness (QED) is 0.707. The number of nitrogens with one attached hydrogen (secondary N) is 2. The van der Waals surface area contributed by atoms with Crippen LogP contribution in [0.4, 0.5) is 0 Å². The lowest BCUT2D eigenvalue weighted by Gasteiger charge is -2.38. The molecule has 1 unspecified atom stereocenters. The Bertz CT molecular complexity index is 238. The molecule has 1 aliphatic rings. The molecule has 0 aromatic heterocycles. The molecule has 17 heavy (non-hydrogen) atoms. The van der Waals surface area contributed by atoms with Crippen LogP contribution in [0.5, 0.6) is 0 Å². The van der Waals surface area contributed by atoms with Crippen molar-refractivity contribution in [3.8, 4) is 0 Å². The van der Waals surface area contributed by atoms with Crippen LogP contribution in [-0.4, -0.2) is 37.7 Å². The zero-order valence-electron chi connectivity index (χ0n) is 11.5. The summed E-state index contributed by atoms with van der Waals surface area (Å²) in [6.45, 7) is 7.08. The minimum atomic E-state index is -0.0624. The fourth-order valence-corrected chi connectivity index (χ4v) is 2.25. The summed E-state index contributed by atoms with van der Waals surface area (Å²) in [6.07, 6.45) is 3.33. The van der Waals surface area contributed by atoms with Gasteiger partial charge in [0.1, 0.15) is 0 Å². The first-order valence-corrected chi connectivity index (χ1v) is 6.66. The van der Waals surface area contributed by atoms with E-state index < -0.39 is 0 Å². The highest BCUT2D eigenvalue weighted by atomic mass is 16.5. The lowest BCUT2D eigenvalue weighted by atomic mass is 9.87. The number of hydrogen-bond donors (Lipinski definition) is 2. The summed E-state index contributed by atoms with van der Waals surface area (Å²) < 4.78 is 5.52. The van der Waals surface area contributed by atoms with E-state index in [1.165, 1.54) is 0 Å². The van der Waals surface area contributed by atoms with Crippen LogP contribution in [0.15, 0.2) is 0 Å². The summed E-state index contributed by atoms with van der Waals surface area (Å²) >= 11 is 0. The molecular formula is C13H26N2O2. The Kier molecular flexibility index (Phi) is 5.92. The monoisotopic (exact) mass is 242 g/mol. The number of ether oxygens (including phenoxy) is 1. The van der Waals surface area contributed by atoms with Gasteiger partial charge in [-0.1, -0.05) is 13.8 Å². The Morgan fingerprint density at radius 1 is 1.41 bits per heavy atom. The molecule has 1 saturated carbocycles. The van der Waals surface area contributed by atoms with Crippen molar-refractivity contribution in [3.63, 3.8) is 0 Å². The van der Waals surface area contributed by atoms with E-state index in [0.717, 1.165) is 25.9 Å². The van der Waals surface area contributed by atoms with Gasteiger partial charge in [0.2, 0.25) is 5.91 Å². The molecule has 0 aromatic rings. The van der Waals surface area contributed by atoms with Gasteiger partial charge >= 0.3 is 0 Å². The molecule has 0 aliphatic heterocycles. The molecule has 1 atom stereocenters. The van der Waals surface area contributed by atoms with E-state index in [1.54, 1.807) is 7.05 Å². The zero-order chi connectivity index (χ0) is 12.8. The summed E-state index contributed by atoms with van der Waals surface area (Å²) in [7, 11) is 1.70. The molecule has 100 valence electrons. The van der Waals surface area contributed by atoms with E-state index in [9.17, 15) is 4.79 Å². The average Bonchev–Trinajstić information content (AvgIpc) is 2.23. The Morgan fingerprint density at radius 2 is 2.06 bits per heavy atom. The number of likely N-dealkylation sites (N-methyl/N-ethyl adjacent to an activating group) is 1. The summed E-state index contributed by atoms with van der Waals surface area (Å²) in [5.74, 6) is 0.617. The van der Waals surface area contributed by atoms with E-state index in [-0.39, 0.29) is 11.9 Å². The topological polar surface area (TPSA) is 50.4 Å². The molecule has 0 spiro atoms. The Hall–Kier alpha value is -0.610. The number of carbonyl (C=O) groups is 1. The van der Waals surface area contributed by atoms with Crippen molar-refractivity contribution in [2.75, 3.05) is 13.7 Å². The Morgan fingerprint density at radius 3 is 2.53 bits per heavy atom. The molecule has 0 bridgehead atoms. The van der Waals surface area contributed by atoms with Crippen molar-refractivity contribution >= 4 is 5.91 Å². The predicted molar refractivity (Wildman–Crippen MR) is 68.9 cm³/mol. The van der Waals surface area contributed by atoms with E-state index >= 15 is 0 Å². The number of carbonyl (C=O) groups excluding carboxylic acids is 1. The lowest BCUT2D eigenvalue weighted by Crippen LogP contribution is -2.54. The van der Waals surface area contributed by atoms with E-state index in [1.807, 2.05) is 6.92 Å². The molecule has 1 aliphatic carbocycles. The summed E-state index contributed by atoms with van der Waals surface area (Å²) in [5, 5.41) is 6.16. The summed E-state index contributed by atoms with van der Waals surface area (Å²) in [5.41, 5.74) is 0. The SMILES string of the molecule is CCOC1CC(NC(CC(C)C)C(=O)NC)C1. The highest BCUT2D eigenvalue weighted by Crippen LogP contribution is 2.24. The van der Waals surface area contributed by atoms with Crippen LogP contribution in [0.25, 0.3) is 0 Å². The van der Waals surface area contributed by atoms with Crippen molar-refractivity contribution in [1.82, 2.24) is 10.6 Å². The van der Waals surface area contributed by atoms with Crippen LogP contribution in [0, 0.1) is 5.92 Å². The van der Waals surface area contributed by atoms with Crippen molar-refractivity contribution < 1.29 is 9.53 Å². The van der Waals surface area contributed by atoms with Gasteiger partial charge in [0.05, 0.1) is 12.1 Å². The van der Waals surface area contributed by atoms with Gasteiger partial charge in [-0.15, -0.1) is 0 Å². The molecule has 0 radical (unpaired) electrons. The van der Waals surface area contributed by atoms with Crippen molar-refractivity contribution in [2.45, 2.75) is 58.2 Å². The minimum Gasteiger partial charge on any atom is -0.378 e. The highest BCUT2D eigenvalue weighted by Gasteiger charge is 2.32. The van der Waals surface area contributed by atoms with E-state index in [0.29, 0.717) is 18.1 Å². The van der Waals surface area contributed by atoms with Crippen LogP contribution in [-0.2, 0) is 9.53 Å². The Labute approximate surface area is 104 Å². The predicted octanol–water partition coefficient (Wildman–Crippen LogP) is 1.30. The summed E-state index contributed by atoms with van der Waals surface area (Å²) in [6, 6.07) is 0.375. The highest BCUT2D eigenvalue weighted by molar-refractivity contribution is 5.81. The van der Waals surface area contributed by atoms with Gasteiger partial charge in [0.25, 0.3) is 0 Å². The number of rotatable bonds is 7. The van der Waals surface area contributed by atoms with Gasteiger partial charge in [-0.25, -0.2) is 0 Å². The molecule has 1 amide bonds. The fraction of sp³-hybridized carbons (Fsp3) is 0.923. The molecule has 0 heterocycles. The molecule has 1 fully saturated rings. The minimum absolute atomic E-state index is 0.0624. The van der Waals surface area contributed by atoms with Crippen molar-refractivity contribution in [1.29, 1.82) is 0 Å². The van der Waals surface area contributed by atoms with Gasteiger partial charge in [0, 0.05) is 19.7 Å². The van der Waals surface area contributed by atoms with Crippen LogP contribution in [0.2, 0.25) is 0 Å². The molecule has 0 saturated heterocycles. The van der Waals surface area contributed by atoms with Gasteiger partial charge in [-0.05, 0) is 32.1 Å². The van der Waals surface area contributed by atoms with Crippen LogP contribution in [0.3, 0.4) is 0 Å². The van der Waals surface area contributed by atoms with Crippen LogP contribution in [0.1, 0.15) is 40.0 Å². The van der Waals surface area contributed by atoms with Gasteiger partial charge in [-0.2, -0.15) is 0 Å². The van der Waals surface area contributed by atoms with Gasteiger partial charge in [-0.3, -0.25) is 4.79 Å². The van der Waals surface area contributed by atoms with Gasteiger partial charge < -0.3 is 15.4 Å². The molecule has 2 N–H and O–H groups in total.